The molecule has 2 aromatic rings. The third kappa shape index (κ3) is 4.95. The van der Waals surface area contributed by atoms with Gasteiger partial charge >= 0.3 is 5.97 Å². The van der Waals surface area contributed by atoms with Gasteiger partial charge < -0.3 is 10.4 Å². The maximum Gasteiger partial charge on any atom is 0.304 e. The van der Waals surface area contributed by atoms with Gasteiger partial charge in [-0.2, -0.15) is 0 Å². The van der Waals surface area contributed by atoms with Crippen LogP contribution < -0.4 is 5.32 Å². The molecule has 0 unspecified atom stereocenters. The number of carbonyl (C=O) groups excluding carboxylic acids is 1. The minimum absolute atomic E-state index is 0.164. The van der Waals surface area contributed by atoms with E-state index in [2.05, 4.69) is 5.32 Å². The van der Waals surface area contributed by atoms with Gasteiger partial charge in [0.15, 0.2) is 0 Å². The van der Waals surface area contributed by atoms with Gasteiger partial charge in [0.05, 0.1) is 12.3 Å². The summed E-state index contributed by atoms with van der Waals surface area (Å²) < 4.78 is 0. The number of carbonyl (C=O) groups is 2. The quantitative estimate of drug-likeness (QED) is 0.825. The predicted molar refractivity (Wildman–Crippen MR) is 88.9 cm³/mol. The van der Waals surface area contributed by atoms with Crippen LogP contribution in [0.4, 0.5) is 0 Å². The van der Waals surface area contributed by atoms with Crippen LogP contribution in [0.5, 0.6) is 0 Å². The molecule has 4 heteroatoms. The minimum Gasteiger partial charge on any atom is -0.481 e. The summed E-state index contributed by atoms with van der Waals surface area (Å²) in [7, 11) is 0. The Morgan fingerprint density at radius 1 is 1.00 bits per heavy atom. The summed E-state index contributed by atoms with van der Waals surface area (Å²) in [6, 6.07) is 19.1. The van der Waals surface area contributed by atoms with E-state index in [-0.39, 0.29) is 18.2 Å². The van der Waals surface area contributed by atoms with Crippen molar-refractivity contribution in [2.45, 2.75) is 25.8 Å². The number of carboxylic acids is 1. The van der Waals surface area contributed by atoms with Crippen molar-refractivity contribution in [1.82, 2.24) is 5.32 Å². The van der Waals surface area contributed by atoms with Crippen LogP contribution in [0, 0.1) is 5.92 Å². The normalized spacial score (nSPS) is 13.1. The van der Waals surface area contributed by atoms with Gasteiger partial charge in [-0.15, -0.1) is 0 Å². The minimum atomic E-state index is -0.965. The van der Waals surface area contributed by atoms with Crippen molar-refractivity contribution in [2.75, 3.05) is 0 Å². The Morgan fingerprint density at radius 3 is 2.13 bits per heavy atom. The molecule has 0 spiro atoms. The zero-order valence-corrected chi connectivity index (χ0v) is 13.1. The molecule has 2 N–H and O–H groups in total. The summed E-state index contributed by atoms with van der Waals surface area (Å²) in [5, 5.41) is 12.0. The molecule has 0 bridgehead atoms. The van der Waals surface area contributed by atoms with Crippen LogP contribution in [-0.2, 0) is 16.1 Å². The van der Waals surface area contributed by atoms with E-state index >= 15 is 0 Å². The highest BCUT2D eigenvalue weighted by Crippen LogP contribution is 2.27. The Kier molecular flexibility index (Phi) is 5.92. The number of hydrogen-bond donors (Lipinski definition) is 2. The molecule has 2 aromatic carbocycles. The summed E-state index contributed by atoms with van der Waals surface area (Å²) in [4.78, 5) is 23.6. The topological polar surface area (TPSA) is 66.4 Å². The van der Waals surface area contributed by atoms with E-state index in [0.29, 0.717) is 6.54 Å². The third-order valence-corrected chi connectivity index (χ3v) is 3.97. The second kappa shape index (κ2) is 8.13. The average molecular weight is 311 g/mol. The molecule has 0 aromatic heterocycles. The number of carboxylic acid groups (broad SMARTS) is 1. The molecule has 1 amide bonds. The molecular weight excluding hydrogens is 290 g/mol. The van der Waals surface area contributed by atoms with E-state index in [4.69, 9.17) is 5.11 Å². The first-order valence-corrected chi connectivity index (χ1v) is 7.66. The Bertz CT molecular complexity index is 640. The second-order valence-electron chi connectivity index (χ2n) is 5.61. The molecule has 0 saturated carbocycles. The van der Waals surface area contributed by atoms with E-state index in [1.165, 1.54) is 0 Å². The molecule has 2 atom stereocenters. The SMILES string of the molecule is C[C@H](c1ccccc1)[C@@H](CC(=O)O)C(=O)NCc1ccccc1. The van der Waals surface area contributed by atoms with Crippen LogP contribution in [0.1, 0.15) is 30.4 Å². The largest absolute Gasteiger partial charge is 0.481 e. The number of aliphatic carboxylic acids is 1. The highest BCUT2D eigenvalue weighted by Gasteiger charge is 2.28. The molecule has 0 aliphatic rings. The molecule has 2 rings (SSSR count). The number of hydrogen-bond acceptors (Lipinski definition) is 2. The van der Waals surface area contributed by atoms with Gasteiger partial charge in [-0.05, 0) is 17.0 Å². The first kappa shape index (κ1) is 16.7. The van der Waals surface area contributed by atoms with E-state index in [9.17, 15) is 9.59 Å². The number of benzene rings is 2. The molecule has 120 valence electrons. The number of nitrogens with one attached hydrogen (secondary N) is 1. The van der Waals surface area contributed by atoms with E-state index < -0.39 is 11.9 Å². The fourth-order valence-electron chi connectivity index (χ4n) is 2.59. The molecule has 23 heavy (non-hydrogen) atoms. The van der Waals surface area contributed by atoms with Crippen molar-refractivity contribution in [3.05, 3.63) is 71.8 Å². The van der Waals surface area contributed by atoms with Gasteiger partial charge in [0.25, 0.3) is 0 Å². The zero-order chi connectivity index (χ0) is 16.7. The van der Waals surface area contributed by atoms with Gasteiger partial charge in [0.1, 0.15) is 0 Å². The van der Waals surface area contributed by atoms with Gasteiger partial charge in [-0.25, -0.2) is 0 Å². The summed E-state index contributed by atoms with van der Waals surface area (Å²) in [6.07, 6.45) is -0.184. The van der Waals surface area contributed by atoms with Crippen LogP contribution in [0.3, 0.4) is 0 Å². The van der Waals surface area contributed by atoms with E-state index in [0.717, 1.165) is 11.1 Å². The number of amides is 1. The third-order valence-electron chi connectivity index (χ3n) is 3.97. The van der Waals surface area contributed by atoms with Crippen molar-refractivity contribution < 1.29 is 14.7 Å². The second-order valence-corrected chi connectivity index (χ2v) is 5.61. The Morgan fingerprint density at radius 2 is 1.57 bits per heavy atom. The highest BCUT2D eigenvalue weighted by atomic mass is 16.4. The summed E-state index contributed by atoms with van der Waals surface area (Å²) in [6.45, 7) is 2.29. The lowest BCUT2D eigenvalue weighted by Crippen LogP contribution is -2.34. The highest BCUT2D eigenvalue weighted by molar-refractivity contribution is 5.84. The van der Waals surface area contributed by atoms with Crippen molar-refractivity contribution in [3.8, 4) is 0 Å². The zero-order valence-electron chi connectivity index (χ0n) is 13.1. The van der Waals surface area contributed by atoms with E-state index in [1.807, 2.05) is 67.6 Å². The van der Waals surface area contributed by atoms with Gasteiger partial charge in [0.2, 0.25) is 5.91 Å². The van der Waals surface area contributed by atoms with Gasteiger partial charge in [-0.1, -0.05) is 67.6 Å². The molecule has 0 radical (unpaired) electrons. The standard InChI is InChI=1S/C19H21NO3/c1-14(16-10-6-3-7-11-16)17(12-18(21)22)19(23)20-13-15-8-4-2-5-9-15/h2-11,14,17H,12-13H2,1H3,(H,20,23)(H,21,22)/t14-,17-/m1/s1. The average Bonchev–Trinajstić information content (AvgIpc) is 2.58. The van der Waals surface area contributed by atoms with Crippen LogP contribution >= 0.6 is 0 Å². The number of rotatable bonds is 7. The van der Waals surface area contributed by atoms with Crippen molar-refractivity contribution in [3.63, 3.8) is 0 Å². The monoisotopic (exact) mass is 311 g/mol. The maximum atomic E-state index is 12.5. The summed E-state index contributed by atoms with van der Waals surface area (Å²) >= 11 is 0. The van der Waals surface area contributed by atoms with Crippen molar-refractivity contribution in [1.29, 1.82) is 0 Å². The smallest absolute Gasteiger partial charge is 0.304 e. The lowest BCUT2D eigenvalue weighted by Gasteiger charge is -2.22. The van der Waals surface area contributed by atoms with Crippen LogP contribution in [-0.4, -0.2) is 17.0 Å². The Balaban J connectivity index is 2.07. The first-order valence-electron chi connectivity index (χ1n) is 7.66. The molecular formula is C19H21NO3. The molecule has 0 fully saturated rings. The summed E-state index contributed by atoms with van der Waals surface area (Å²) in [5.41, 5.74) is 1.95. The molecule has 0 heterocycles. The lowest BCUT2D eigenvalue weighted by atomic mass is 9.84. The predicted octanol–water partition coefficient (Wildman–Crippen LogP) is 3.20. The van der Waals surface area contributed by atoms with Gasteiger partial charge in [-0.3, -0.25) is 9.59 Å². The first-order chi connectivity index (χ1) is 11.1. The molecule has 0 aliphatic heterocycles. The van der Waals surface area contributed by atoms with Crippen molar-refractivity contribution >= 4 is 11.9 Å². The van der Waals surface area contributed by atoms with Crippen LogP contribution in [0.2, 0.25) is 0 Å². The molecule has 0 saturated heterocycles. The lowest BCUT2D eigenvalue weighted by molar-refractivity contribution is -0.141. The molecule has 0 aliphatic carbocycles. The van der Waals surface area contributed by atoms with Crippen molar-refractivity contribution in [2.24, 2.45) is 5.92 Å². The summed E-state index contributed by atoms with van der Waals surface area (Å²) in [5.74, 6) is -1.96. The van der Waals surface area contributed by atoms with Crippen LogP contribution in [0.25, 0.3) is 0 Å². The Hall–Kier alpha value is -2.62. The Labute approximate surface area is 136 Å². The fraction of sp³-hybridized carbons (Fsp3) is 0.263. The van der Waals surface area contributed by atoms with E-state index in [1.54, 1.807) is 0 Å². The fourth-order valence-corrected chi connectivity index (χ4v) is 2.59. The van der Waals surface area contributed by atoms with Gasteiger partial charge in [0, 0.05) is 6.54 Å². The maximum absolute atomic E-state index is 12.5. The van der Waals surface area contributed by atoms with Crippen LogP contribution in [0.15, 0.2) is 60.7 Å². The molecule has 4 nitrogen and oxygen atoms in total.